The number of ether oxygens (including phenoxy) is 1. The van der Waals surface area contributed by atoms with Gasteiger partial charge in [0, 0.05) is 23.4 Å². The molecule has 0 saturated carbocycles. The summed E-state index contributed by atoms with van der Waals surface area (Å²) in [6.45, 7) is 7.58. The molecule has 0 bridgehead atoms. The van der Waals surface area contributed by atoms with Crippen LogP contribution in [0.1, 0.15) is 44.5 Å². The lowest BCUT2D eigenvalue weighted by atomic mass is 9.92. The van der Waals surface area contributed by atoms with Gasteiger partial charge in [-0.25, -0.2) is 13.8 Å². The Labute approximate surface area is 280 Å². The van der Waals surface area contributed by atoms with Crippen molar-refractivity contribution in [1.29, 1.82) is 0 Å². The zero-order valence-corrected chi connectivity index (χ0v) is 28.3. The molecule has 2 heterocycles. The number of hydrogen-bond donors (Lipinski definition) is 2. The molecule has 0 aliphatic carbocycles. The second kappa shape index (κ2) is 12.8. The molecular formula is C36H38N6O5S. The van der Waals surface area contributed by atoms with Crippen LogP contribution in [-0.4, -0.2) is 51.9 Å². The summed E-state index contributed by atoms with van der Waals surface area (Å²) < 4.78 is 36.3. The van der Waals surface area contributed by atoms with Gasteiger partial charge in [0.2, 0.25) is 0 Å². The first-order valence-corrected chi connectivity index (χ1v) is 17.0. The molecule has 1 aliphatic rings. The van der Waals surface area contributed by atoms with Gasteiger partial charge in [-0.3, -0.25) is 10.1 Å². The molecule has 1 atom stereocenters. The summed E-state index contributed by atoms with van der Waals surface area (Å²) in [4.78, 5) is 26.5. The summed E-state index contributed by atoms with van der Waals surface area (Å²) in [5, 5.41) is 12.7. The second-order valence-corrected chi connectivity index (χ2v) is 14.6. The fourth-order valence-electron chi connectivity index (χ4n) is 5.65. The Morgan fingerprint density at radius 2 is 1.58 bits per heavy atom. The third kappa shape index (κ3) is 6.49. The van der Waals surface area contributed by atoms with Crippen molar-refractivity contribution < 1.29 is 22.7 Å². The van der Waals surface area contributed by atoms with Crippen LogP contribution in [0.25, 0.3) is 16.5 Å². The van der Waals surface area contributed by atoms with Crippen molar-refractivity contribution in [2.45, 2.75) is 52.2 Å². The first-order chi connectivity index (χ1) is 22.8. The maximum Gasteiger partial charge on any atom is 0.324 e. The lowest BCUT2D eigenvalue weighted by molar-refractivity contribution is -0.127. The van der Waals surface area contributed by atoms with E-state index >= 15 is 0 Å². The first-order valence-electron chi connectivity index (χ1n) is 15.6. The van der Waals surface area contributed by atoms with Crippen molar-refractivity contribution in [2.24, 2.45) is 0 Å². The van der Waals surface area contributed by atoms with Crippen molar-refractivity contribution in [3.05, 3.63) is 114 Å². The molecular weight excluding hydrogens is 629 g/mol. The predicted molar refractivity (Wildman–Crippen MR) is 186 cm³/mol. The molecule has 1 aromatic heterocycles. The van der Waals surface area contributed by atoms with E-state index in [2.05, 4.69) is 10.6 Å². The van der Waals surface area contributed by atoms with Crippen LogP contribution in [0.2, 0.25) is 0 Å². The average Bonchev–Trinajstić information content (AvgIpc) is 3.55. The van der Waals surface area contributed by atoms with Gasteiger partial charge < -0.3 is 10.1 Å². The Hall–Kier alpha value is -5.20. The summed E-state index contributed by atoms with van der Waals surface area (Å²) in [6, 6.07) is 28.2. The van der Waals surface area contributed by atoms with E-state index in [4.69, 9.17) is 9.84 Å². The third-order valence-electron chi connectivity index (χ3n) is 8.35. The van der Waals surface area contributed by atoms with Crippen LogP contribution >= 0.6 is 0 Å². The molecule has 0 unspecified atom stereocenters. The molecule has 5 aromatic rings. The minimum atomic E-state index is -4.10. The average molecular weight is 667 g/mol. The van der Waals surface area contributed by atoms with Gasteiger partial charge in [0.25, 0.3) is 5.91 Å². The molecule has 12 heteroatoms. The molecule has 11 nitrogen and oxygen atoms in total. The molecule has 4 aromatic carbocycles. The molecule has 0 spiro atoms. The number of aromatic nitrogens is 2. The van der Waals surface area contributed by atoms with Crippen molar-refractivity contribution >= 4 is 44.4 Å². The largest absolute Gasteiger partial charge is 0.497 e. The smallest absolute Gasteiger partial charge is 0.324 e. The highest BCUT2D eigenvalue weighted by Gasteiger charge is 2.48. The summed E-state index contributed by atoms with van der Waals surface area (Å²) >= 11 is 0. The molecule has 1 fully saturated rings. The molecule has 1 aliphatic heterocycles. The fourth-order valence-corrected chi connectivity index (χ4v) is 7.40. The van der Waals surface area contributed by atoms with Crippen LogP contribution in [0.4, 0.5) is 16.3 Å². The van der Waals surface area contributed by atoms with Gasteiger partial charge in [-0.2, -0.15) is 17.8 Å². The van der Waals surface area contributed by atoms with Crippen LogP contribution in [-0.2, 0) is 33.5 Å². The van der Waals surface area contributed by atoms with Crippen LogP contribution in [0, 0.1) is 0 Å². The number of hydrogen-bond acceptors (Lipinski definition) is 6. The number of benzene rings is 4. The number of nitrogens with zero attached hydrogens (tertiary/aromatic N) is 4. The van der Waals surface area contributed by atoms with Crippen LogP contribution in [0.5, 0.6) is 5.75 Å². The van der Waals surface area contributed by atoms with Gasteiger partial charge in [-0.05, 0) is 53.8 Å². The molecule has 3 amide bonds. The molecule has 6 rings (SSSR count). The van der Waals surface area contributed by atoms with Crippen LogP contribution < -0.4 is 15.4 Å². The molecule has 48 heavy (non-hydrogen) atoms. The standard InChI is InChI=1S/C36H38N6O5S/c1-24-34(43)41(22-25-16-18-29(47-5)19-17-25)48(45,46)40(24)23-26-10-8-13-28(20-26)42-33(21-32(39-42)36(2,3)4)38-35(44)37-31-15-9-12-27-11-6-7-14-30(27)31/h6-21,24H,22-23H2,1-5H3,(H2,37,38,44)/t24-/m1/s1. The minimum Gasteiger partial charge on any atom is -0.497 e. The van der Waals surface area contributed by atoms with Crippen LogP contribution in [0.3, 0.4) is 0 Å². The van der Waals surface area contributed by atoms with Crippen molar-refractivity contribution in [2.75, 3.05) is 17.7 Å². The van der Waals surface area contributed by atoms with E-state index in [1.807, 2.05) is 81.4 Å². The normalized spacial score (nSPS) is 16.3. The maximum absolute atomic E-state index is 13.7. The van der Waals surface area contributed by atoms with Gasteiger partial charge in [0.05, 0.1) is 30.7 Å². The van der Waals surface area contributed by atoms with Gasteiger partial charge in [-0.1, -0.05) is 81.4 Å². The van der Waals surface area contributed by atoms with Crippen LogP contribution in [0.15, 0.2) is 97.1 Å². The highest BCUT2D eigenvalue weighted by Crippen LogP contribution is 2.31. The van der Waals surface area contributed by atoms with Gasteiger partial charge in [-0.15, -0.1) is 0 Å². The fraction of sp³-hybridized carbons (Fsp3) is 0.250. The molecule has 1 saturated heterocycles. The molecule has 0 radical (unpaired) electrons. The number of fused-ring (bicyclic) bond motifs is 1. The van der Waals surface area contributed by atoms with E-state index in [1.54, 1.807) is 55.1 Å². The lowest BCUT2D eigenvalue weighted by Crippen LogP contribution is -2.34. The lowest BCUT2D eigenvalue weighted by Gasteiger charge is -2.20. The summed E-state index contributed by atoms with van der Waals surface area (Å²) in [5.41, 5.74) is 3.05. The molecule has 2 N–H and O–H groups in total. The van der Waals surface area contributed by atoms with E-state index < -0.39 is 28.2 Å². The van der Waals surface area contributed by atoms with Crippen molar-refractivity contribution in [3.63, 3.8) is 0 Å². The summed E-state index contributed by atoms with van der Waals surface area (Å²) in [5.74, 6) is 0.588. The number of urea groups is 1. The monoisotopic (exact) mass is 666 g/mol. The first kappa shape index (κ1) is 32.7. The van der Waals surface area contributed by atoms with E-state index in [9.17, 15) is 18.0 Å². The zero-order valence-electron chi connectivity index (χ0n) is 27.5. The maximum atomic E-state index is 13.7. The third-order valence-corrected chi connectivity index (χ3v) is 10.3. The topological polar surface area (TPSA) is 126 Å². The highest BCUT2D eigenvalue weighted by atomic mass is 32.2. The van der Waals surface area contributed by atoms with E-state index in [-0.39, 0.29) is 18.5 Å². The predicted octanol–water partition coefficient (Wildman–Crippen LogP) is 6.45. The Kier molecular flexibility index (Phi) is 8.71. The van der Waals surface area contributed by atoms with Gasteiger partial charge in [0.15, 0.2) is 0 Å². The van der Waals surface area contributed by atoms with Crippen molar-refractivity contribution in [3.8, 4) is 11.4 Å². The van der Waals surface area contributed by atoms with Gasteiger partial charge >= 0.3 is 16.2 Å². The number of carbonyl (C=O) groups is 2. The van der Waals surface area contributed by atoms with E-state index in [0.29, 0.717) is 34.1 Å². The Balaban J connectivity index is 1.25. The Morgan fingerprint density at radius 3 is 2.31 bits per heavy atom. The van der Waals surface area contributed by atoms with Gasteiger partial charge in [0.1, 0.15) is 17.6 Å². The van der Waals surface area contributed by atoms with E-state index in [1.165, 1.54) is 4.31 Å². The SMILES string of the molecule is COc1ccc(CN2C(=O)[C@@H](C)N(Cc3cccc(-n4nc(C(C)(C)C)cc4NC(=O)Nc4cccc5ccccc45)c3)S2(=O)=O)cc1. The number of carbonyl (C=O) groups excluding carboxylic acids is 2. The second-order valence-electron chi connectivity index (χ2n) is 12.8. The zero-order chi connectivity index (χ0) is 34.2. The highest BCUT2D eigenvalue weighted by molar-refractivity contribution is 7.87. The van der Waals surface area contributed by atoms with Crippen molar-refractivity contribution in [1.82, 2.24) is 18.4 Å². The number of rotatable bonds is 8. The summed E-state index contributed by atoms with van der Waals surface area (Å²) in [6.07, 6.45) is 0. The minimum absolute atomic E-state index is 0.0279. The quantitative estimate of drug-likeness (QED) is 0.196. The number of nitrogens with one attached hydrogen (secondary N) is 2. The summed E-state index contributed by atoms with van der Waals surface area (Å²) in [7, 11) is -2.55. The van der Waals surface area contributed by atoms with E-state index in [0.717, 1.165) is 20.8 Å². The Bertz CT molecular complexity index is 2100. The number of methoxy groups -OCH3 is 1. The Morgan fingerprint density at radius 1 is 0.875 bits per heavy atom. The molecule has 248 valence electrons. The number of amides is 3. The number of anilines is 2.